The number of nitrogens with zero attached hydrogens (tertiary/aromatic N) is 3. The van der Waals surface area contributed by atoms with Crippen molar-refractivity contribution in [1.29, 1.82) is 0 Å². The first-order valence-electron chi connectivity index (χ1n) is 19.8. The molecule has 0 saturated carbocycles. The fourth-order valence-electron chi connectivity index (χ4n) is 6.87. The molecule has 0 atom stereocenters. The number of hydrogen-bond acceptors (Lipinski definition) is 3. The summed E-state index contributed by atoms with van der Waals surface area (Å²) in [5.74, 6) is -0.598. The third-order valence-electron chi connectivity index (χ3n) is 8.76. The molecule has 0 radical (unpaired) electrons. The minimum absolute atomic E-state index is 0.0167. The molecule has 0 saturated heterocycles. The van der Waals surface area contributed by atoms with Gasteiger partial charge in [0.05, 0.1) is 13.7 Å². The molecule has 10 rings (SSSR count). The lowest BCUT2D eigenvalue weighted by Crippen LogP contribution is -2.00. The van der Waals surface area contributed by atoms with Gasteiger partial charge in [0, 0.05) is 16.7 Å². The highest BCUT2D eigenvalue weighted by Crippen LogP contribution is 2.44. The van der Waals surface area contributed by atoms with Crippen LogP contribution < -0.4 is 0 Å². The van der Waals surface area contributed by atoms with Crippen molar-refractivity contribution in [3.63, 3.8) is 0 Å². The van der Waals surface area contributed by atoms with Crippen molar-refractivity contribution >= 4 is 64.6 Å². The molecule has 3 heteroatoms. The van der Waals surface area contributed by atoms with Crippen LogP contribution in [-0.4, -0.2) is 15.0 Å². The summed E-state index contributed by atoms with van der Waals surface area (Å²) in [7, 11) is 0. The normalized spacial score (nSPS) is 15.0. The van der Waals surface area contributed by atoms with E-state index in [1.165, 1.54) is 0 Å². The van der Waals surface area contributed by atoms with Crippen LogP contribution in [-0.2, 0) is 0 Å². The van der Waals surface area contributed by atoms with Gasteiger partial charge in [0.2, 0.25) is 0 Å². The van der Waals surface area contributed by atoms with E-state index in [0.29, 0.717) is 5.56 Å². The predicted octanol–water partition coefficient (Wildman–Crippen LogP) is 11.2. The monoisotopic (exact) mass is 593 g/mol. The lowest BCUT2D eigenvalue weighted by atomic mass is 9.87. The molecule has 10 aromatic rings. The van der Waals surface area contributed by atoms with E-state index in [1.54, 1.807) is 0 Å². The van der Waals surface area contributed by atoms with Gasteiger partial charge in [0.15, 0.2) is 17.5 Å². The lowest BCUT2D eigenvalue weighted by molar-refractivity contribution is 1.07. The van der Waals surface area contributed by atoms with E-state index in [-0.39, 0.29) is 28.6 Å². The number of benzene rings is 8. The van der Waals surface area contributed by atoms with Crippen LogP contribution in [0.5, 0.6) is 0 Å². The standard InChI is InChI=1S/C43H25N3/c1-3-10-29(11-4-1)41-44-42(30-12-5-2-6-13-30)46-43(45-41)32-24-31-23-22-28-15-8-18-34-33-17-7-14-26-20-21-27-16-9-19-35(39(27)37(26)33)36(25-32)40(31)38(28)34/h1-25H/i1D,2D,3D,4D,5D,6D,10D,11D,12D,13D. The van der Waals surface area contributed by atoms with Crippen molar-refractivity contribution in [2.45, 2.75) is 0 Å². The Morgan fingerprint density at radius 1 is 0.348 bits per heavy atom. The molecule has 0 spiro atoms. The van der Waals surface area contributed by atoms with E-state index in [2.05, 4.69) is 71.7 Å². The molecule has 1 aromatic heterocycles. The lowest BCUT2D eigenvalue weighted by Gasteiger charge is -2.17. The third-order valence-corrected chi connectivity index (χ3v) is 8.76. The Morgan fingerprint density at radius 2 is 0.739 bits per heavy atom. The Balaban J connectivity index is 1.39. The van der Waals surface area contributed by atoms with E-state index in [9.17, 15) is 0 Å². The Hall–Kier alpha value is -6.19. The van der Waals surface area contributed by atoms with Gasteiger partial charge in [-0.05, 0) is 76.8 Å². The largest absolute Gasteiger partial charge is 0.208 e. The van der Waals surface area contributed by atoms with E-state index < -0.39 is 60.4 Å². The molecule has 1 heterocycles. The molecule has 0 amide bonds. The second kappa shape index (κ2) is 9.65. The fraction of sp³-hybridized carbons (Fsp3) is 0. The summed E-state index contributed by atoms with van der Waals surface area (Å²) < 4.78 is 84.8. The van der Waals surface area contributed by atoms with Gasteiger partial charge >= 0.3 is 0 Å². The van der Waals surface area contributed by atoms with Crippen LogP contribution >= 0.6 is 0 Å². The molecule has 0 bridgehead atoms. The SMILES string of the molecule is [2H]c1c([2H])c([2H])c(-c2nc(-c3cc4ccc5cccc6c7cccc8ccc9cccc(c(c3)c4c56)c9c87)nc(-c3c([2H])c([2H])c([2H])c([2H])c3[2H])n2)c([2H])c1[2H]. The first-order valence-corrected chi connectivity index (χ1v) is 14.8. The minimum Gasteiger partial charge on any atom is -0.208 e. The summed E-state index contributed by atoms with van der Waals surface area (Å²) in [5, 5.41) is 12.4. The molecule has 0 aliphatic rings. The van der Waals surface area contributed by atoms with Crippen molar-refractivity contribution in [3.8, 4) is 34.2 Å². The van der Waals surface area contributed by atoms with Gasteiger partial charge in [0.25, 0.3) is 0 Å². The summed E-state index contributed by atoms with van der Waals surface area (Å²) >= 11 is 0. The first-order chi connectivity index (χ1) is 26.9. The highest BCUT2D eigenvalue weighted by atomic mass is 15.0. The number of fused-ring (bicyclic) bond motifs is 2. The zero-order valence-corrected chi connectivity index (χ0v) is 24.0. The molecular formula is C43H25N3. The van der Waals surface area contributed by atoms with Crippen LogP contribution in [0.4, 0.5) is 0 Å². The van der Waals surface area contributed by atoms with Gasteiger partial charge in [-0.2, -0.15) is 0 Å². The van der Waals surface area contributed by atoms with Crippen molar-refractivity contribution in [3.05, 3.63) is 151 Å². The third kappa shape index (κ3) is 3.69. The smallest absolute Gasteiger partial charge is 0.164 e. The van der Waals surface area contributed by atoms with E-state index in [0.717, 1.165) is 64.6 Å². The van der Waals surface area contributed by atoms with Crippen molar-refractivity contribution in [2.24, 2.45) is 0 Å². The Kier molecular flexibility index (Phi) is 3.64. The zero-order valence-electron chi connectivity index (χ0n) is 34.0. The Labute approximate surface area is 278 Å². The van der Waals surface area contributed by atoms with Crippen LogP contribution in [0.1, 0.15) is 13.7 Å². The molecule has 0 fully saturated rings. The first kappa shape index (κ1) is 17.3. The van der Waals surface area contributed by atoms with Crippen LogP contribution in [0.3, 0.4) is 0 Å². The average molecular weight is 594 g/mol. The number of rotatable bonds is 3. The van der Waals surface area contributed by atoms with Crippen LogP contribution in [0.2, 0.25) is 0 Å². The van der Waals surface area contributed by atoms with Crippen LogP contribution in [0.15, 0.2) is 151 Å². The fourth-order valence-corrected chi connectivity index (χ4v) is 6.87. The summed E-state index contributed by atoms with van der Waals surface area (Å²) in [5.41, 5.74) is -0.147. The Morgan fingerprint density at radius 3 is 1.22 bits per heavy atom. The van der Waals surface area contributed by atoms with Gasteiger partial charge in [-0.25, -0.2) is 15.0 Å². The van der Waals surface area contributed by atoms with Gasteiger partial charge < -0.3 is 0 Å². The maximum absolute atomic E-state index is 8.75. The maximum atomic E-state index is 8.75. The quantitative estimate of drug-likeness (QED) is 0.191. The molecule has 212 valence electrons. The van der Waals surface area contributed by atoms with Crippen LogP contribution in [0, 0.1) is 0 Å². The Bertz CT molecular complexity index is 3230. The summed E-state index contributed by atoms with van der Waals surface area (Å²) in [6, 6.07) is 25.3. The van der Waals surface area contributed by atoms with Gasteiger partial charge in [-0.15, -0.1) is 0 Å². The van der Waals surface area contributed by atoms with E-state index >= 15 is 0 Å². The molecule has 46 heavy (non-hydrogen) atoms. The number of hydrogen-bond donors (Lipinski definition) is 0. The van der Waals surface area contributed by atoms with Crippen molar-refractivity contribution < 1.29 is 13.7 Å². The zero-order chi connectivity index (χ0) is 38.9. The van der Waals surface area contributed by atoms with Gasteiger partial charge in [-0.1, -0.05) is 139 Å². The van der Waals surface area contributed by atoms with Gasteiger partial charge in [0.1, 0.15) is 0 Å². The molecule has 9 aromatic carbocycles. The topological polar surface area (TPSA) is 38.7 Å². The predicted molar refractivity (Wildman–Crippen MR) is 192 cm³/mol. The van der Waals surface area contributed by atoms with Crippen molar-refractivity contribution in [1.82, 2.24) is 15.0 Å². The highest BCUT2D eigenvalue weighted by molar-refractivity contribution is 6.37. The molecule has 3 nitrogen and oxygen atoms in total. The van der Waals surface area contributed by atoms with Crippen LogP contribution in [0.25, 0.3) is 98.8 Å². The average Bonchev–Trinajstić information content (AvgIpc) is 3.21. The van der Waals surface area contributed by atoms with Gasteiger partial charge in [-0.3, -0.25) is 0 Å². The summed E-state index contributed by atoms with van der Waals surface area (Å²) in [6.07, 6.45) is 0. The second-order valence-corrected chi connectivity index (χ2v) is 11.3. The maximum Gasteiger partial charge on any atom is 0.164 e. The second-order valence-electron chi connectivity index (χ2n) is 11.3. The molecule has 0 aliphatic carbocycles. The van der Waals surface area contributed by atoms with Crippen molar-refractivity contribution in [2.75, 3.05) is 0 Å². The summed E-state index contributed by atoms with van der Waals surface area (Å²) in [4.78, 5) is 13.9. The number of aromatic nitrogens is 3. The summed E-state index contributed by atoms with van der Waals surface area (Å²) in [6.45, 7) is 0. The highest BCUT2D eigenvalue weighted by Gasteiger charge is 2.18. The van der Waals surface area contributed by atoms with E-state index in [4.69, 9.17) is 23.7 Å². The molecule has 0 aliphatic heterocycles. The molecular weight excluding hydrogens is 558 g/mol. The molecule has 0 unspecified atom stereocenters. The van der Waals surface area contributed by atoms with E-state index in [1.807, 2.05) is 24.3 Å². The molecule has 0 N–H and O–H groups in total. The minimum atomic E-state index is -0.597.